The normalized spacial score (nSPS) is 10.8. The van der Waals surface area contributed by atoms with Gasteiger partial charge in [-0.3, -0.25) is 4.79 Å². The van der Waals surface area contributed by atoms with Crippen LogP contribution in [0.15, 0.2) is 68.6 Å². The Hall–Kier alpha value is -2.55. The molecule has 0 bridgehead atoms. The van der Waals surface area contributed by atoms with Crippen molar-refractivity contribution >= 4 is 55.6 Å². The second-order valence-electron chi connectivity index (χ2n) is 6.72. The highest BCUT2D eigenvalue weighted by atomic mass is 79.9. The third-order valence-corrected chi connectivity index (χ3v) is 5.73. The lowest BCUT2D eigenvalue weighted by atomic mass is 10.2. The van der Waals surface area contributed by atoms with Crippen molar-refractivity contribution in [3.8, 4) is 17.2 Å². The van der Waals surface area contributed by atoms with Crippen LogP contribution in [0.4, 0.5) is 0 Å². The molecule has 0 aliphatic heterocycles. The van der Waals surface area contributed by atoms with Crippen molar-refractivity contribution in [2.75, 3.05) is 13.7 Å². The number of halogens is 3. The smallest absolute Gasteiger partial charge is 0.271 e. The number of nitrogens with one attached hydrogen (secondary N) is 1. The Bertz CT molecular complexity index is 1150. The van der Waals surface area contributed by atoms with Gasteiger partial charge in [-0.15, -0.1) is 0 Å². The van der Waals surface area contributed by atoms with Crippen molar-refractivity contribution in [2.24, 2.45) is 5.10 Å². The lowest BCUT2D eigenvalue weighted by molar-refractivity contribution is 0.0954. The van der Waals surface area contributed by atoms with E-state index < -0.39 is 0 Å². The number of benzene rings is 3. The highest BCUT2D eigenvalue weighted by molar-refractivity contribution is 9.11. The lowest BCUT2D eigenvalue weighted by Gasteiger charge is -2.12. The van der Waals surface area contributed by atoms with Crippen molar-refractivity contribution in [2.45, 2.75) is 13.5 Å². The zero-order valence-corrected chi connectivity index (χ0v) is 21.8. The molecule has 0 aliphatic carbocycles. The van der Waals surface area contributed by atoms with Crippen molar-refractivity contribution in [1.82, 2.24) is 5.43 Å². The fourth-order valence-corrected chi connectivity index (χ4v) is 4.37. The van der Waals surface area contributed by atoms with E-state index in [2.05, 4.69) is 42.4 Å². The maximum atomic E-state index is 12.5. The van der Waals surface area contributed by atoms with Gasteiger partial charge in [-0.05, 0) is 70.9 Å². The molecule has 0 saturated heterocycles. The SMILES string of the molecule is CCOc1ccc(C(=O)N/N=C/c2cc(Br)cc(Br)c2OCc2ccc(Cl)cc2)cc1OC. The molecule has 0 atom stereocenters. The number of carbonyl (C=O) groups is 1. The Morgan fingerprint density at radius 2 is 1.82 bits per heavy atom. The molecule has 6 nitrogen and oxygen atoms in total. The van der Waals surface area contributed by atoms with Crippen LogP contribution >= 0.6 is 43.5 Å². The predicted molar refractivity (Wildman–Crippen MR) is 137 cm³/mol. The van der Waals surface area contributed by atoms with Crippen LogP contribution in [0.3, 0.4) is 0 Å². The van der Waals surface area contributed by atoms with Crippen molar-refractivity contribution in [1.29, 1.82) is 0 Å². The minimum absolute atomic E-state index is 0.344. The first kappa shape index (κ1) is 25.1. The summed E-state index contributed by atoms with van der Waals surface area (Å²) in [7, 11) is 1.52. The van der Waals surface area contributed by atoms with Crippen LogP contribution in [0, 0.1) is 0 Å². The van der Waals surface area contributed by atoms with Crippen LogP contribution in [-0.2, 0) is 6.61 Å². The molecule has 3 rings (SSSR count). The molecule has 172 valence electrons. The predicted octanol–water partition coefficient (Wildman–Crippen LogP) is 6.62. The minimum Gasteiger partial charge on any atom is -0.493 e. The number of hydrazone groups is 1. The summed E-state index contributed by atoms with van der Waals surface area (Å²) in [4.78, 5) is 12.5. The molecule has 0 heterocycles. The fourth-order valence-electron chi connectivity index (χ4n) is 2.87. The highest BCUT2D eigenvalue weighted by Gasteiger charge is 2.12. The molecule has 0 saturated carbocycles. The molecule has 3 aromatic rings. The number of rotatable bonds is 9. The summed E-state index contributed by atoms with van der Waals surface area (Å²) in [6.45, 7) is 2.72. The van der Waals surface area contributed by atoms with Crippen molar-refractivity contribution in [3.05, 3.63) is 85.3 Å². The van der Waals surface area contributed by atoms with E-state index in [1.807, 2.05) is 43.3 Å². The van der Waals surface area contributed by atoms with Crippen LogP contribution in [0.1, 0.15) is 28.4 Å². The molecule has 1 N–H and O–H groups in total. The summed E-state index contributed by atoms with van der Waals surface area (Å²) >= 11 is 12.9. The Morgan fingerprint density at radius 3 is 2.52 bits per heavy atom. The average molecular weight is 597 g/mol. The molecule has 3 aromatic carbocycles. The van der Waals surface area contributed by atoms with Gasteiger partial charge in [-0.1, -0.05) is 39.7 Å². The minimum atomic E-state index is -0.384. The number of ether oxygens (including phenoxy) is 3. The van der Waals surface area contributed by atoms with Gasteiger partial charge in [-0.25, -0.2) is 5.43 Å². The molecule has 0 unspecified atom stereocenters. The van der Waals surface area contributed by atoms with Gasteiger partial charge in [0.15, 0.2) is 11.5 Å². The topological polar surface area (TPSA) is 69.2 Å². The maximum Gasteiger partial charge on any atom is 0.271 e. The standard InChI is InChI=1S/C24H21Br2ClN2O4/c1-3-32-21-9-6-16(11-22(21)31-2)24(30)29-28-13-17-10-18(25)12-20(26)23(17)33-14-15-4-7-19(27)8-5-15/h4-13H,3,14H2,1-2H3,(H,29,30)/b28-13+. The third-order valence-electron chi connectivity index (χ3n) is 4.43. The van der Waals surface area contributed by atoms with E-state index in [0.29, 0.717) is 46.6 Å². The Kier molecular flexibility index (Phi) is 9.17. The Labute approximate surface area is 214 Å². The number of hydrogen-bond acceptors (Lipinski definition) is 5. The van der Waals surface area contributed by atoms with E-state index >= 15 is 0 Å². The highest BCUT2D eigenvalue weighted by Crippen LogP contribution is 2.33. The number of hydrogen-bond donors (Lipinski definition) is 1. The van der Waals surface area contributed by atoms with Gasteiger partial charge >= 0.3 is 0 Å². The van der Waals surface area contributed by atoms with Crippen LogP contribution < -0.4 is 19.6 Å². The second-order valence-corrected chi connectivity index (χ2v) is 8.93. The van der Waals surface area contributed by atoms with E-state index in [-0.39, 0.29) is 5.91 Å². The van der Waals surface area contributed by atoms with Gasteiger partial charge in [-0.2, -0.15) is 5.10 Å². The summed E-state index contributed by atoms with van der Waals surface area (Å²) in [5.41, 5.74) is 4.56. The van der Waals surface area contributed by atoms with E-state index in [1.54, 1.807) is 18.2 Å². The van der Waals surface area contributed by atoms with Crippen molar-refractivity contribution in [3.63, 3.8) is 0 Å². The lowest BCUT2D eigenvalue weighted by Crippen LogP contribution is -2.17. The summed E-state index contributed by atoms with van der Waals surface area (Å²) in [6.07, 6.45) is 1.52. The summed E-state index contributed by atoms with van der Waals surface area (Å²) in [5.74, 6) is 1.25. The molecule has 9 heteroatoms. The van der Waals surface area contributed by atoms with E-state index in [9.17, 15) is 4.79 Å². The van der Waals surface area contributed by atoms with Crippen LogP contribution in [0.5, 0.6) is 17.2 Å². The molecule has 33 heavy (non-hydrogen) atoms. The summed E-state index contributed by atoms with van der Waals surface area (Å²) < 4.78 is 18.4. The molecule has 0 radical (unpaired) electrons. The van der Waals surface area contributed by atoms with Gasteiger partial charge in [0.1, 0.15) is 12.4 Å². The average Bonchev–Trinajstić information content (AvgIpc) is 2.80. The van der Waals surface area contributed by atoms with Gasteiger partial charge < -0.3 is 14.2 Å². The molecule has 0 fully saturated rings. The van der Waals surface area contributed by atoms with Crippen molar-refractivity contribution < 1.29 is 19.0 Å². The largest absolute Gasteiger partial charge is 0.493 e. The quantitative estimate of drug-likeness (QED) is 0.223. The zero-order chi connectivity index (χ0) is 23.8. The summed E-state index contributed by atoms with van der Waals surface area (Å²) in [6, 6.07) is 16.1. The van der Waals surface area contributed by atoms with Gasteiger partial charge in [0, 0.05) is 20.6 Å². The first-order valence-electron chi connectivity index (χ1n) is 9.91. The maximum absolute atomic E-state index is 12.5. The number of carbonyl (C=O) groups excluding carboxylic acids is 1. The molecule has 0 aliphatic rings. The monoisotopic (exact) mass is 594 g/mol. The second kappa shape index (κ2) is 12.1. The number of methoxy groups -OCH3 is 1. The van der Waals surface area contributed by atoms with E-state index in [4.69, 9.17) is 25.8 Å². The van der Waals surface area contributed by atoms with Gasteiger partial charge in [0.2, 0.25) is 0 Å². The number of amides is 1. The van der Waals surface area contributed by atoms with E-state index in [1.165, 1.54) is 13.3 Å². The first-order valence-corrected chi connectivity index (χ1v) is 11.9. The zero-order valence-electron chi connectivity index (χ0n) is 17.9. The van der Waals surface area contributed by atoms with Crippen LogP contribution in [-0.4, -0.2) is 25.8 Å². The fraction of sp³-hybridized carbons (Fsp3) is 0.167. The summed E-state index contributed by atoms with van der Waals surface area (Å²) in [5, 5.41) is 4.77. The van der Waals surface area contributed by atoms with Gasteiger partial charge in [0.25, 0.3) is 5.91 Å². The van der Waals surface area contributed by atoms with Gasteiger partial charge in [0.05, 0.1) is 24.4 Å². The third kappa shape index (κ3) is 6.96. The van der Waals surface area contributed by atoms with Crippen LogP contribution in [0.25, 0.3) is 0 Å². The molecule has 0 aromatic heterocycles. The molecular formula is C24H21Br2ClN2O4. The van der Waals surface area contributed by atoms with Crippen LogP contribution in [0.2, 0.25) is 5.02 Å². The van der Waals surface area contributed by atoms with E-state index in [0.717, 1.165) is 14.5 Å². The molecular weight excluding hydrogens is 576 g/mol. The molecule has 0 spiro atoms. The Balaban J connectivity index is 1.73. The number of nitrogens with zero attached hydrogens (tertiary/aromatic N) is 1. The molecule has 1 amide bonds. The first-order chi connectivity index (χ1) is 15.9. The Morgan fingerprint density at radius 1 is 1.06 bits per heavy atom.